The van der Waals surface area contributed by atoms with E-state index < -0.39 is 0 Å². The molecule has 6 nitrogen and oxygen atoms in total. The zero-order chi connectivity index (χ0) is 18.4. The van der Waals surface area contributed by atoms with E-state index in [0.717, 1.165) is 37.7 Å². The van der Waals surface area contributed by atoms with Gasteiger partial charge in [-0.25, -0.2) is 0 Å². The first-order valence-corrected chi connectivity index (χ1v) is 8.76. The van der Waals surface area contributed by atoms with Crippen LogP contribution in [-0.4, -0.2) is 45.9 Å². The number of amides is 1. The summed E-state index contributed by atoms with van der Waals surface area (Å²) in [5, 5.41) is 2.92. The highest BCUT2D eigenvalue weighted by atomic mass is 16.5. The summed E-state index contributed by atoms with van der Waals surface area (Å²) in [6, 6.07) is 13.0. The van der Waals surface area contributed by atoms with Crippen molar-refractivity contribution in [2.45, 2.75) is 6.92 Å². The third kappa shape index (κ3) is 4.26. The number of hydrogen-bond donors (Lipinski definition) is 1. The van der Waals surface area contributed by atoms with Crippen LogP contribution in [-0.2, 0) is 4.74 Å². The fraction of sp³-hybridized carbons (Fsp3) is 0.350. The highest BCUT2D eigenvalue weighted by Gasteiger charge is 2.13. The van der Waals surface area contributed by atoms with E-state index in [1.165, 1.54) is 0 Å². The lowest BCUT2D eigenvalue weighted by atomic mass is 10.1. The number of benzene rings is 2. The molecule has 1 aliphatic rings. The van der Waals surface area contributed by atoms with Crippen molar-refractivity contribution in [3.8, 4) is 11.5 Å². The number of hydrogen-bond acceptors (Lipinski definition) is 5. The second-order valence-corrected chi connectivity index (χ2v) is 5.90. The molecule has 0 saturated carbocycles. The summed E-state index contributed by atoms with van der Waals surface area (Å²) < 4.78 is 16.2. The number of nitrogens with zero attached hydrogens (tertiary/aromatic N) is 1. The van der Waals surface area contributed by atoms with Gasteiger partial charge in [-0.2, -0.15) is 0 Å². The first-order valence-electron chi connectivity index (χ1n) is 8.76. The molecule has 1 N–H and O–H groups in total. The summed E-state index contributed by atoms with van der Waals surface area (Å²) in [5.74, 6) is 0.983. The van der Waals surface area contributed by atoms with Gasteiger partial charge in [0.25, 0.3) is 5.91 Å². The van der Waals surface area contributed by atoms with Gasteiger partial charge in [-0.05, 0) is 49.4 Å². The Hall–Kier alpha value is -2.73. The summed E-state index contributed by atoms with van der Waals surface area (Å²) in [5.41, 5.74) is 2.40. The summed E-state index contributed by atoms with van der Waals surface area (Å²) in [6.45, 7) is 5.67. The fourth-order valence-electron chi connectivity index (χ4n) is 2.87. The molecule has 0 unspecified atom stereocenters. The summed E-state index contributed by atoms with van der Waals surface area (Å²) >= 11 is 0. The molecule has 2 aromatic carbocycles. The smallest absolute Gasteiger partial charge is 0.255 e. The molecule has 1 amide bonds. The SMILES string of the molecule is CCOc1cc(C(=O)Nc2ccc(N3CCOCC3)cc2)ccc1OC. The number of anilines is 2. The zero-order valence-corrected chi connectivity index (χ0v) is 15.2. The molecular weight excluding hydrogens is 332 g/mol. The Kier molecular flexibility index (Phi) is 5.96. The van der Waals surface area contributed by atoms with Gasteiger partial charge in [0.15, 0.2) is 11.5 Å². The maximum absolute atomic E-state index is 12.5. The fourth-order valence-corrected chi connectivity index (χ4v) is 2.87. The second-order valence-electron chi connectivity index (χ2n) is 5.90. The predicted octanol–water partition coefficient (Wildman–Crippen LogP) is 3.18. The number of carbonyl (C=O) groups is 1. The van der Waals surface area contributed by atoms with Crippen LogP contribution >= 0.6 is 0 Å². The summed E-state index contributed by atoms with van der Waals surface area (Å²) in [4.78, 5) is 14.8. The van der Waals surface area contributed by atoms with Crippen LogP contribution in [0.15, 0.2) is 42.5 Å². The minimum absolute atomic E-state index is 0.187. The van der Waals surface area contributed by atoms with Crippen molar-refractivity contribution in [2.24, 2.45) is 0 Å². The van der Waals surface area contributed by atoms with Gasteiger partial charge in [0.1, 0.15) is 0 Å². The number of methoxy groups -OCH3 is 1. The lowest BCUT2D eigenvalue weighted by molar-refractivity contribution is 0.102. The quantitative estimate of drug-likeness (QED) is 0.861. The lowest BCUT2D eigenvalue weighted by Crippen LogP contribution is -2.36. The van der Waals surface area contributed by atoms with Crippen LogP contribution in [0.3, 0.4) is 0 Å². The predicted molar refractivity (Wildman–Crippen MR) is 102 cm³/mol. The normalized spacial score (nSPS) is 14.0. The van der Waals surface area contributed by atoms with Crippen LogP contribution in [0.1, 0.15) is 17.3 Å². The molecule has 2 aromatic rings. The van der Waals surface area contributed by atoms with Crippen molar-refractivity contribution >= 4 is 17.3 Å². The maximum Gasteiger partial charge on any atom is 0.255 e. The molecule has 1 fully saturated rings. The molecule has 1 saturated heterocycles. The van der Waals surface area contributed by atoms with Crippen LogP contribution in [0, 0.1) is 0 Å². The van der Waals surface area contributed by atoms with Crippen LogP contribution in [0.2, 0.25) is 0 Å². The standard InChI is InChI=1S/C20H24N2O4/c1-3-26-19-14-15(4-9-18(19)24-2)20(23)21-16-5-7-17(8-6-16)22-10-12-25-13-11-22/h4-9,14H,3,10-13H2,1-2H3,(H,21,23). The van der Waals surface area contributed by atoms with E-state index in [1.54, 1.807) is 25.3 Å². The van der Waals surface area contributed by atoms with Crippen LogP contribution in [0.5, 0.6) is 11.5 Å². The van der Waals surface area contributed by atoms with Gasteiger partial charge in [-0.1, -0.05) is 0 Å². The molecule has 26 heavy (non-hydrogen) atoms. The highest BCUT2D eigenvalue weighted by molar-refractivity contribution is 6.04. The van der Waals surface area contributed by atoms with E-state index in [2.05, 4.69) is 10.2 Å². The maximum atomic E-state index is 12.5. The van der Waals surface area contributed by atoms with Crippen LogP contribution in [0.25, 0.3) is 0 Å². The van der Waals surface area contributed by atoms with E-state index in [1.807, 2.05) is 31.2 Å². The summed E-state index contributed by atoms with van der Waals surface area (Å²) in [7, 11) is 1.58. The van der Waals surface area contributed by atoms with Gasteiger partial charge in [0.2, 0.25) is 0 Å². The van der Waals surface area contributed by atoms with Crippen LogP contribution < -0.4 is 19.7 Å². The van der Waals surface area contributed by atoms with Crippen molar-refractivity contribution < 1.29 is 19.0 Å². The molecule has 0 aromatic heterocycles. The molecule has 0 atom stereocenters. The molecule has 0 bridgehead atoms. The molecule has 138 valence electrons. The van der Waals surface area contributed by atoms with Gasteiger partial charge in [0, 0.05) is 30.0 Å². The third-order valence-corrected chi connectivity index (χ3v) is 4.23. The van der Waals surface area contributed by atoms with Gasteiger partial charge < -0.3 is 24.4 Å². The third-order valence-electron chi connectivity index (χ3n) is 4.23. The summed E-state index contributed by atoms with van der Waals surface area (Å²) in [6.07, 6.45) is 0. The Bertz CT molecular complexity index is 740. The molecule has 0 spiro atoms. The van der Waals surface area contributed by atoms with Gasteiger partial charge in [-0.15, -0.1) is 0 Å². The zero-order valence-electron chi connectivity index (χ0n) is 15.2. The van der Waals surface area contributed by atoms with Gasteiger partial charge in [-0.3, -0.25) is 4.79 Å². The monoisotopic (exact) mass is 356 g/mol. The van der Waals surface area contributed by atoms with Crippen molar-refractivity contribution in [3.05, 3.63) is 48.0 Å². The van der Waals surface area contributed by atoms with E-state index in [9.17, 15) is 4.79 Å². The van der Waals surface area contributed by atoms with Crippen molar-refractivity contribution in [1.29, 1.82) is 0 Å². The minimum Gasteiger partial charge on any atom is -0.493 e. The number of carbonyl (C=O) groups excluding carboxylic acids is 1. The van der Waals surface area contributed by atoms with E-state index in [-0.39, 0.29) is 5.91 Å². The highest BCUT2D eigenvalue weighted by Crippen LogP contribution is 2.28. The second kappa shape index (κ2) is 8.58. The molecule has 1 heterocycles. The molecule has 3 rings (SSSR count). The molecule has 0 aliphatic carbocycles. The van der Waals surface area contributed by atoms with Crippen molar-refractivity contribution in [3.63, 3.8) is 0 Å². The first kappa shape index (κ1) is 18.1. The molecule has 0 radical (unpaired) electrons. The Morgan fingerprint density at radius 1 is 1.12 bits per heavy atom. The van der Waals surface area contributed by atoms with Crippen molar-refractivity contribution in [1.82, 2.24) is 0 Å². The first-order chi connectivity index (χ1) is 12.7. The van der Waals surface area contributed by atoms with Gasteiger partial charge in [0.05, 0.1) is 26.9 Å². The van der Waals surface area contributed by atoms with E-state index >= 15 is 0 Å². The van der Waals surface area contributed by atoms with Gasteiger partial charge >= 0.3 is 0 Å². The van der Waals surface area contributed by atoms with E-state index in [0.29, 0.717) is 23.7 Å². The number of nitrogens with one attached hydrogen (secondary N) is 1. The Labute approximate surface area is 153 Å². The molecule has 6 heteroatoms. The number of rotatable bonds is 6. The Morgan fingerprint density at radius 2 is 1.85 bits per heavy atom. The average Bonchev–Trinajstić information content (AvgIpc) is 2.69. The Morgan fingerprint density at radius 3 is 2.50 bits per heavy atom. The molecular formula is C20H24N2O4. The number of morpholine rings is 1. The average molecular weight is 356 g/mol. The topological polar surface area (TPSA) is 60.0 Å². The number of ether oxygens (including phenoxy) is 3. The Balaban J connectivity index is 1.68. The largest absolute Gasteiger partial charge is 0.493 e. The van der Waals surface area contributed by atoms with Crippen LogP contribution in [0.4, 0.5) is 11.4 Å². The molecule has 1 aliphatic heterocycles. The van der Waals surface area contributed by atoms with E-state index in [4.69, 9.17) is 14.2 Å². The lowest BCUT2D eigenvalue weighted by Gasteiger charge is -2.28. The van der Waals surface area contributed by atoms with Crippen molar-refractivity contribution in [2.75, 3.05) is 50.2 Å². The minimum atomic E-state index is -0.187.